The standard InChI is InChI=1S/C27H48O7Si4.C9H18O3Si.C9H14OSi.C4H12OSi.2H2/c1-23(2)26(28)30-19-15-21-35(5,6)32-37(9,10)34-38(11,25-17-13-12-14-18-25)33-36(7,8)22-16-20-31-27(29)24(3)4;1-8(2)9(10)12-6-5-7-13(3,4)11;1-10-11(2,3)9-7-5-4-6-8-9;1-5-6(2,3)4;;/h12-14,17-18H,1,3,15-16,19-22H2,2,4-11H3;11H,1,5-7H2,2-4H3;4-8H,1-3H3;1-4H3;2*1H/i;;;;2*1+1D. The average Bonchev–Trinajstić information content (AvgIpc) is 3.29. The van der Waals surface area contributed by atoms with Crippen LogP contribution in [0.4, 0.5) is 0 Å². The Morgan fingerprint density at radius 1 is 0.515 bits per heavy atom. The number of hydrogen-bond acceptors (Lipinski definition) is 12. The molecule has 0 spiro atoms. The van der Waals surface area contributed by atoms with Gasteiger partial charge < -0.3 is 40.2 Å². The van der Waals surface area contributed by atoms with Gasteiger partial charge in [0.25, 0.3) is 0 Å². The maximum atomic E-state index is 11.7. The summed E-state index contributed by atoms with van der Waals surface area (Å²) in [6, 6.07) is 23.0. The third-order valence-electron chi connectivity index (χ3n) is 9.85. The highest BCUT2D eigenvalue weighted by molar-refractivity contribution is 6.95. The van der Waals surface area contributed by atoms with Crippen LogP contribution in [0.15, 0.2) is 97.1 Å². The molecule has 19 heteroatoms. The van der Waals surface area contributed by atoms with Crippen molar-refractivity contribution in [2.75, 3.05) is 34.0 Å². The van der Waals surface area contributed by atoms with E-state index in [1.54, 1.807) is 35.0 Å². The molecule has 0 saturated heterocycles. The zero-order valence-electron chi connectivity index (χ0n) is 49.7. The Balaban J connectivity index is -0.000000546. The van der Waals surface area contributed by atoms with Crippen molar-refractivity contribution >= 4 is 87.0 Å². The summed E-state index contributed by atoms with van der Waals surface area (Å²) < 4.78 is 66.6. The Bertz CT molecular complexity index is 1850. The first-order valence-electron chi connectivity index (χ1n) is 25.5. The molecule has 0 aromatic heterocycles. The van der Waals surface area contributed by atoms with Gasteiger partial charge in [0.05, 0.1) is 19.8 Å². The predicted octanol–water partition coefficient (Wildman–Crippen LogP) is 11.5. The van der Waals surface area contributed by atoms with Gasteiger partial charge in [-0.05, 0) is 160 Å². The van der Waals surface area contributed by atoms with Crippen LogP contribution in [0.2, 0.25) is 110 Å². The highest BCUT2D eigenvalue weighted by Crippen LogP contribution is 2.28. The Kier molecular flexibility index (Phi) is 29.5. The van der Waals surface area contributed by atoms with Gasteiger partial charge in [-0.2, -0.15) is 0 Å². The molecule has 2 rings (SSSR count). The summed E-state index contributed by atoms with van der Waals surface area (Å²) in [6.07, 6.45) is 2.20. The molecule has 0 aliphatic heterocycles. The van der Waals surface area contributed by atoms with Crippen LogP contribution in [0.3, 0.4) is 0 Å². The zero-order chi connectivity index (χ0) is 57.2. The summed E-state index contributed by atoms with van der Waals surface area (Å²) in [6.45, 7) is 46.3. The average molecular weight is 1080 g/mol. The summed E-state index contributed by atoms with van der Waals surface area (Å²) in [5, 5.41) is 2.42. The summed E-state index contributed by atoms with van der Waals surface area (Å²) in [7, 11) is -10.8. The van der Waals surface area contributed by atoms with Gasteiger partial charge in [-0.25, -0.2) is 14.4 Å². The van der Waals surface area contributed by atoms with Crippen LogP contribution in [0.25, 0.3) is 0 Å². The summed E-state index contributed by atoms with van der Waals surface area (Å²) in [5.74, 6) is -1.06. The number of carbonyl (C=O) groups excluding carboxylic acids is 3. The Morgan fingerprint density at radius 2 is 0.838 bits per heavy atom. The molecular weight excluding hydrogens is 977 g/mol. The molecule has 2 aromatic carbocycles. The fraction of sp³-hybridized carbons (Fsp3) is 0.571. The minimum absolute atomic E-state index is 0.348. The van der Waals surface area contributed by atoms with E-state index in [0.717, 1.165) is 42.6 Å². The predicted molar refractivity (Wildman–Crippen MR) is 304 cm³/mol. The van der Waals surface area contributed by atoms with Gasteiger partial charge in [0.2, 0.25) is 8.32 Å². The summed E-state index contributed by atoms with van der Waals surface area (Å²) >= 11 is 0. The first-order chi connectivity index (χ1) is 32.9. The van der Waals surface area contributed by atoms with Gasteiger partial charge in [-0.1, -0.05) is 80.4 Å². The van der Waals surface area contributed by atoms with E-state index >= 15 is 0 Å². The SMILES string of the molecule is C=C(C)C(=O)OCCC[Si](C)(C)O.C=C(C)C(=O)OCCC[Si](C)(C)O[Si](C)(C)O[Si](C)(O[Si](C)(C)CCCOC(=O)C(=C)C)c1ccccc1.CO[Si](C)(C)C.CO[Si](C)(C)c1ccccc1.[2H][2H].[2H][2H]. The Labute approximate surface area is 426 Å². The molecule has 0 aliphatic carbocycles. The van der Waals surface area contributed by atoms with Crippen LogP contribution in [-0.4, -0.2) is 115 Å². The van der Waals surface area contributed by atoms with Gasteiger partial charge >= 0.3 is 35.0 Å². The van der Waals surface area contributed by atoms with Crippen molar-refractivity contribution in [3.63, 3.8) is 0 Å². The molecule has 0 heterocycles. The fourth-order valence-electron chi connectivity index (χ4n) is 5.99. The van der Waals surface area contributed by atoms with Crippen molar-refractivity contribution in [2.24, 2.45) is 0 Å². The lowest BCUT2D eigenvalue weighted by atomic mass is 10.4. The number of esters is 3. The molecule has 0 amide bonds. The number of ether oxygens (including phenoxy) is 3. The van der Waals surface area contributed by atoms with Crippen LogP contribution in [-0.2, 0) is 49.8 Å². The molecule has 1 atom stereocenters. The topological polar surface area (TPSA) is 145 Å². The van der Waals surface area contributed by atoms with Gasteiger partial charge in [-0.15, -0.1) is 0 Å². The second-order valence-electron chi connectivity index (χ2n) is 20.8. The van der Waals surface area contributed by atoms with E-state index in [1.807, 2.05) is 37.4 Å². The second-order valence-corrected chi connectivity index (χ2v) is 49.3. The van der Waals surface area contributed by atoms with E-state index in [1.165, 1.54) is 5.19 Å². The summed E-state index contributed by atoms with van der Waals surface area (Å²) in [4.78, 5) is 43.7. The first-order valence-corrected chi connectivity index (χ1v) is 44.3. The molecule has 392 valence electrons. The quantitative estimate of drug-likeness (QED) is 0.0332. The summed E-state index contributed by atoms with van der Waals surface area (Å²) in [5.41, 5.74) is 1.23. The highest BCUT2D eigenvalue weighted by atomic mass is 28.5. The van der Waals surface area contributed by atoms with E-state index in [4.69, 9.17) is 41.3 Å². The van der Waals surface area contributed by atoms with Gasteiger partial charge in [-0.3, -0.25) is 0 Å². The molecule has 12 nitrogen and oxygen atoms in total. The van der Waals surface area contributed by atoms with Crippen molar-refractivity contribution in [3.05, 3.63) is 97.1 Å². The lowest BCUT2D eigenvalue weighted by molar-refractivity contribution is -0.139. The van der Waals surface area contributed by atoms with E-state index < -0.39 is 58.7 Å². The van der Waals surface area contributed by atoms with Gasteiger partial charge in [0.15, 0.2) is 33.3 Å². The Morgan fingerprint density at radius 3 is 1.15 bits per heavy atom. The lowest BCUT2D eigenvalue weighted by Gasteiger charge is -2.42. The normalized spacial score (nSPS) is 13.1. The largest absolute Gasteiger partial charge is 0.462 e. The second kappa shape index (κ2) is 31.6. The minimum atomic E-state index is -2.84. The van der Waals surface area contributed by atoms with Gasteiger partial charge in [0.1, 0.15) is 0 Å². The third-order valence-corrected chi connectivity index (χ3v) is 31.4. The zero-order valence-corrected chi connectivity index (χ0v) is 52.7. The molecule has 1 N–H and O–H groups in total. The van der Waals surface area contributed by atoms with Crippen molar-refractivity contribution < 1.29 is 60.5 Å². The van der Waals surface area contributed by atoms with Crippen molar-refractivity contribution in [3.8, 4) is 0 Å². The third kappa shape index (κ3) is 33.8. The molecule has 1 unspecified atom stereocenters. The number of benzene rings is 2. The van der Waals surface area contributed by atoms with Crippen molar-refractivity contribution in [1.29, 1.82) is 0 Å². The minimum Gasteiger partial charge on any atom is -0.462 e. The van der Waals surface area contributed by atoms with Crippen LogP contribution in [0.5, 0.6) is 0 Å². The number of hydrogen-bond donors (Lipinski definition) is 1. The molecular formula is C49H96O12Si7. The monoisotopic (exact) mass is 1080 g/mol. The molecule has 68 heavy (non-hydrogen) atoms. The highest BCUT2D eigenvalue weighted by Gasteiger charge is 2.47. The van der Waals surface area contributed by atoms with Crippen LogP contribution >= 0.6 is 0 Å². The van der Waals surface area contributed by atoms with Crippen LogP contribution in [0.1, 0.15) is 46.0 Å². The molecule has 0 fully saturated rings. The molecule has 0 bridgehead atoms. The maximum Gasteiger partial charge on any atom is 0.350 e. The van der Waals surface area contributed by atoms with Crippen LogP contribution < -0.4 is 10.4 Å². The first kappa shape index (κ1) is 63.4. The van der Waals surface area contributed by atoms with E-state index in [2.05, 4.69) is 135 Å². The van der Waals surface area contributed by atoms with E-state index in [9.17, 15) is 19.2 Å². The fourth-order valence-corrected chi connectivity index (χ4v) is 27.2. The maximum absolute atomic E-state index is 11.7. The van der Waals surface area contributed by atoms with Crippen LogP contribution in [0, 0.1) is 0 Å². The molecule has 0 radical (unpaired) electrons. The number of rotatable bonds is 25. The molecule has 0 saturated carbocycles. The molecule has 2 aromatic rings. The van der Waals surface area contributed by atoms with Crippen molar-refractivity contribution in [1.82, 2.24) is 0 Å². The smallest absolute Gasteiger partial charge is 0.350 e. The van der Waals surface area contributed by atoms with E-state index in [-0.39, 0.29) is 17.9 Å². The number of carbonyl (C=O) groups is 3. The Hall–Kier alpha value is -2.65. The van der Waals surface area contributed by atoms with Gasteiger partial charge in [0, 0.05) is 36.9 Å². The lowest BCUT2D eigenvalue weighted by Crippen LogP contribution is -2.63. The molecule has 0 aliphatic rings. The van der Waals surface area contributed by atoms with E-state index in [0.29, 0.717) is 36.5 Å². The van der Waals surface area contributed by atoms with Crippen molar-refractivity contribution in [2.45, 2.75) is 150 Å².